The lowest BCUT2D eigenvalue weighted by Crippen LogP contribution is -2.45. The predicted octanol–water partition coefficient (Wildman–Crippen LogP) is 13.6. The molecule has 12 rings (SSSR count). The molecule has 86 heavy (non-hydrogen) atoms. The Morgan fingerprint density at radius 1 is 0.547 bits per heavy atom. The van der Waals surface area contributed by atoms with E-state index in [9.17, 15) is 14.4 Å². The average molecular weight is 1320 g/mol. The second-order valence-electron chi connectivity index (χ2n) is 23.3. The molecule has 22 heteroatoms. The molecule has 8 aromatic rings. The molecular formula is C64H71Br2ClN10O9. The molecule has 4 N–H and O–H groups in total. The fraction of sp³-hybridized carbons (Fsp3) is 0.328. The predicted molar refractivity (Wildman–Crippen MR) is 345 cm³/mol. The summed E-state index contributed by atoms with van der Waals surface area (Å²) < 4.78 is 36.8. The molecule has 3 amide bonds. The van der Waals surface area contributed by atoms with E-state index in [2.05, 4.69) is 73.1 Å². The number of fused-ring (bicyclic) bond motifs is 6. The Morgan fingerprint density at radius 2 is 0.907 bits per heavy atom. The molecule has 0 radical (unpaired) electrons. The van der Waals surface area contributed by atoms with Crippen LogP contribution < -0.4 is 40.2 Å². The minimum atomic E-state index is -0.838. The summed E-state index contributed by atoms with van der Waals surface area (Å²) in [6.07, 6.45) is 13.4. The molecule has 19 nitrogen and oxygen atoms in total. The van der Waals surface area contributed by atoms with E-state index in [0.717, 1.165) is 94.4 Å². The Labute approximate surface area is 523 Å². The highest BCUT2D eigenvalue weighted by atomic mass is 79.9. The Kier molecular flexibility index (Phi) is 19.5. The maximum atomic E-state index is 12.6. The molecule has 4 aliphatic rings. The van der Waals surface area contributed by atoms with Gasteiger partial charge < -0.3 is 58.8 Å². The van der Waals surface area contributed by atoms with Gasteiger partial charge in [0.2, 0.25) is 11.8 Å². The van der Waals surface area contributed by atoms with E-state index in [0.29, 0.717) is 49.2 Å². The molecule has 0 atom stereocenters. The summed E-state index contributed by atoms with van der Waals surface area (Å²) in [4.78, 5) is 56.9. The number of carbonyl (C=O) groups excluding carboxylic acids is 3. The van der Waals surface area contributed by atoms with Gasteiger partial charge in [0.05, 0.1) is 32.7 Å². The minimum Gasteiger partial charge on any atom is -0.482 e. The Bertz CT molecular complexity index is 3700. The third kappa shape index (κ3) is 15.8. The first-order valence-corrected chi connectivity index (χ1v) is 29.2. The first-order valence-electron chi connectivity index (χ1n) is 27.6. The van der Waals surface area contributed by atoms with Gasteiger partial charge in [0.25, 0.3) is 5.91 Å². The van der Waals surface area contributed by atoms with Crippen molar-refractivity contribution in [3.8, 4) is 23.0 Å². The molecule has 0 unspecified atom stereocenters. The van der Waals surface area contributed by atoms with Gasteiger partial charge in [-0.1, -0.05) is 36.4 Å². The number of hydrogen-bond acceptors (Lipinski definition) is 16. The molecule has 0 aliphatic carbocycles. The van der Waals surface area contributed by atoms with E-state index >= 15 is 0 Å². The lowest BCUT2D eigenvalue weighted by molar-refractivity contribution is -0.129. The second-order valence-corrected chi connectivity index (χ2v) is 25.1. The molecule has 0 saturated carbocycles. The molecule has 0 saturated heterocycles. The molecule has 2 aromatic carbocycles. The number of ether oxygens (including phenoxy) is 4. The SMILES string of the molecule is CC1(C)CNc2ncc(Br)cc2O1.CC1(C)Oc2cc(Br)cnc2NC1=O.Cc1c(CN(C)C(=O)/C=C/c2cnc3c(c2)OC(C)(C)CN3)oc2ccccc12.Cc1c(CN(C)C(=O)/C=C/c2cnc3c(c2)OC(C)(C)CN3)oc2ccccc12.Cl. The molecule has 6 aromatic heterocycles. The number of aryl methyl sites for hydroxylation is 2. The molecule has 452 valence electrons. The van der Waals surface area contributed by atoms with Crippen LogP contribution in [0.25, 0.3) is 34.1 Å². The van der Waals surface area contributed by atoms with Crippen molar-refractivity contribution in [2.24, 2.45) is 0 Å². The molecule has 0 fully saturated rings. The number of pyridine rings is 4. The van der Waals surface area contributed by atoms with E-state index in [1.165, 1.54) is 0 Å². The van der Waals surface area contributed by atoms with Gasteiger partial charge in [0.15, 0.2) is 51.9 Å². The largest absolute Gasteiger partial charge is 0.482 e. The number of hydrogen-bond donors (Lipinski definition) is 4. The number of aromatic nitrogens is 4. The molecule has 4 aliphatic heterocycles. The van der Waals surface area contributed by atoms with E-state index in [-0.39, 0.29) is 46.9 Å². The number of para-hydroxylation sites is 2. The number of likely N-dealkylation sites (N-methyl/N-ethyl adjacent to an activating group) is 2. The standard InChI is InChI=1S/2C23H25N3O3.C9H9BrN2O2.C9H11BrN2O.ClH/c2*1-15-17-7-5-6-8-18(17)28-20(15)13-26(4)21(27)10-9-16-11-19-22(24-12-16)25-14-23(2,3)29-19;1-9(2)8(13)12-7-6(14-9)3-5(10)4-11-7;1-9(2)5-12-8-7(13-9)3-6(10)4-11-8;/h2*5-12H,13-14H2,1-4H3,(H,24,25);3-4H,1-2H3,(H,11,12,13);3-4H,5H2,1-2H3,(H,11,12);1H/b2*10-9+;;;. The average Bonchev–Trinajstić information content (AvgIpc) is 2.06. The lowest BCUT2D eigenvalue weighted by Gasteiger charge is -2.32. The number of carbonyl (C=O) groups is 3. The van der Waals surface area contributed by atoms with E-state index in [4.69, 9.17) is 27.8 Å². The number of halogens is 3. The Hall–Kier alpha value is -8.14. The van der Waals surface area contributed by atoms with Crippen LogP contribution in [-0.4, -0.2) is 104 Å². The van der Waals surface area contributed by atoms with Crippen molar-refractivity contribution < 1.29 is 42.2 Å². The number of nitrogens with one attached hydrogen (secondary N) is 4. The second kappa shape index (κ2) is 26.2. The molecule has 0 bridgehead atoms. The number of anilines is 4. The molecular weight excluding hydrogens is 1250 g/mol. The Balaban J connectivity index is 0.000000157. The van der Waals surface area contributed by atoms with Crippen LogP contribution in [0.15, 0.2) is 128 Å². The van der Waals surface area contributed by atoms with Gasteiger partial charge in [-0.25, -0.2) is 19.9 Å². The lowest BCUT2D eigenvalue weighted by atomic mass is 10.1. The first kappa shape index (κ1) is 63.9. The van der Waals surface area contributed by atoms with Crippen LogP contribution in [-0.2, 0) is 27.5 Å². The van der Waals surface area contributed by atoms with E-state index < -0.39 is 5.60 Å². The zero-order chi connectivity index (χ0) is 61.0. The summed E-state index contributed by atoms with van der Waals surface area (Å²) in [6.45, 7) is 22.6. The van der Waals surface area contributed by atoms with Crippen molar-refractivity contribution in [1.82, 2.24) is 29.7 Å². The molecule has 10 heterocycles. The van der Waals surface area contributed by atoms with Gasteiger partial charge >= 0.3 is 0 Å². The van der Waals surface area contributed by atoms with Crippen LogP contribution in [0.5, 0.6) is 23.0 Å². The summed E-state index contributed by atoms with van der Waals surface area (Å²) >= 11 is 6.65. The van der Waals surface area contributed by atoms with Crippen LogP contribution in [0, 0.1) is 13.8 Å². The maximum Gasteiger partial charge on any atom is 0.269 e. The number of furan rings is 2. The number of nitrogens with zero attached hydrogens (tertiary/aromatic N) is 6. The van der Waals surface area contributed by atoms with Gasteiger partial charge in [-0.15, -0.1) is 12.4 Å². The third-order valence-corrected chi connectivity index (χ3v) is 14.8. The summed E-state index contributed by atoms with van der Waals surface area (Å²) in [5.41, 5.74) is 3.85. The third-order valence-electron chi connectivity index (χ3n) is 14.0. The van der Waals surface area contributed by atoms with Crippen LogP contribution in [0.4, 0.5) is 23.3 Å². The highest BCUT2D eigenvalue weighted by Gasteiger charge is 2.36. The van der Waals surface area contributed by atoms with Crippen LogP contribution in [0.2, 0.25) is 0 Å². The van der Waals surface area contributed by atoms with Crippen molar-refractivity contribution in [3.63, 3.8) is 0 Å². The summed E-state index contributed by atoms with van der Waals surface area (Å²) in [5.74, 6) is 6.73. The van der Waals surface area contributed by atoms with E-state index in [1.54, 1.807) is 92.9 Å². The maximum absolute atomic E-state index is 12.6. The number of amides is 3. The summed E-state index contributed by atoms with van der Waals surface area (Å²) in [5, 5.41) is 14.6. The van der Waals surface area contributed by atoms with Crippen LogP contribution >= 0.6 is 44.3 Å². The van der Waals surface area contributed by atoms with Gasteiger partial charge in [0.1, 0.15) is 39.5 Å². The fourth-order valence-corrected chi connectivity index (χ4v) is 9.77. The highest BCUT2D eigenvalue weighted by molar-refractivity contribution is 9.10. The van der Waals surface area contributed by atoms with Crippen molar-refractivity contribution in [2.75, 3.05) is 55.0 Å². The topological polar surface area (TPSA) is 221 Å². The Morgan fingerprint density at radius 3 is 1.31 bits per heavy atom. The van der Waals surface area contributed by atoms with Gasteiger partial charge in [-0.2, -0.15) is 0 Å². The van der Waals surface area contributed by atoms with Gasteiger partial charge in [-0.3, -0.25) is 14.4 Å². The minimum absolute atomic E-state index is 0. The quantitative estimate of drug-likeness (QED) is 0.104. The molecule has 0 spiro atoms. The zero-order valence-electron chi connectivity index (χ0n) is 50.1. The first-order chi connectivity index (χ1) is 40.2. The zero-order valence-corrected chi connectivity index (χ0v) is 54.1. The summed E-state index contributed by atoms with van der Waals surface area (Å²) in [7, 11) is 3.53. The summed E-state index contributed by atoms with van der Waals surface area (Å²) in [6, 6.07) is 23.3. The van der Waals surface area contributed by atoms with Crippen molar-refractivity contribution >= 4 is 119 Å². The normalized spacial score (nSPS) is 15.9. The van der Waals surface area contributed by atoms with Crippen molar-refractivity contribution in [3.05, 3.63) is 152 Å². The van der Waals surface area contributed by atoms with E-state index in [1.807, 2.05) is 122 Å². The van der Waals surface area contributed by atoms with Gasteiger partial charge in [0, 0.05) is 81.9 Å². The van der Waals surface area contributed by atoms with Crippen LogP contribution in [0.1, 0.15) is 89.2 Å². The monoisotopic (exact) mass is 1320 g/mol. The fourth-order valence-electron chi connectivity index (χ4n) is 9.14. The number of rotatable bonds is 8. The van der Waals surface area contributed by atoms with Crippen LogP contribution in [0.3, 0.4) is 0 Å². The number of benzene rings is 2. The van der Waals surface area contributed by atoms with Crippen molar-refractivity contribution in [1.29, 1.82) is 0 Å². The van der Waals surface area contributed by atoms with Gasteiger partial charge in [-0.05, 0) is 161 Å². The highest BCUT2D eigenvalue weighted by Crippen LogP contribution is 2.37. The van der Waals surface area contributed by atoms with Crippen molar-refractivity contribution in [2.45, 2.75) is 105 Å². The smallest absolute Gasteiger partial charge is 0.269 e.